The van der Waals surface area contributed by atoms with E-state index < -0.39 is 0 Å². The highest BCUT2D eigenvalue weighted by atomic mass is 35.5. The third-order valence-corrected chi connectivity index (χ3v) is 6.70. The molecule has 10 heteroatoms. The van der Waals surface area contributed by atoms with Crippen LogP contribution in [0, 0.1) is 0 Å². The van der Waals surface area contributed by atoms with Gasteiger partial charge in [0.2, 0.25) is 5.91 Å². The van der Waals surface area contributed by atoms with Crippen LogP contribution in [0.1, 0.15) is 0 Å². The third kappa shape index (κ3) is 4.14. The smallest absolute Gasteiger partial charge is 0.277 e. The van der Waals surface area contributed by atoms with Gasteiger partial charge in [-0.1, -0.05) is 64.8 Å². The molecule has 0 saturated carbocycles. The molecule has 1 amide bonds. The summed E-state index contributed by atoms with van der Waals surface area (Å²) >= 11 is 20.9. The Morgan fingerprint density at radius 2 is 1.96 bits per heavy atom. The number of thioether (sulfide) groups is 1. The van der Waals surface area contributed by atoms with E-state index >= 15 is 0 Å². The van der Waals surface area contributed by atoms with Gasteiger partial charge >= 0.3 is 0 Å². The second kappa shape index (κ2) is 8.31. The van der Waals surface area contributed by atoms with Gasteiger partial charge in [0, 0.05) is 15.1 Å². The molecule has 2 aromatic heterocycles. The molecule has 0 saturated heterocycles. The van der Waals surface area contributed by atoms with Crippen LogP contribution >= 0.6 is 57.9 Å². The van der Waals surface area contributed by atoms with Crippen molar-refractivity contribution in [2.24, 2.45) is 0 Å². The van der Waals surface area contributed by atoms with Crippen molar-refractivity contribution in [1.82, 2.24) is 10.2 Å². The van der Waals surface area contributed by atoms with Crippen LogP contribution < -0.4 is 5.32 Å². The van der Waals surface area contributed by atoms with E-state index in [1.54, 1.807) is 18.2 Å². The molecule has 28 heavy (non-hydrogen) atoms. The summed E-state index contributed by atoms with van der Waals surface area (Å²) in [6, 6.07) is 12.6. The average molecular weight is 471 g/mol. The minimum atomic E-state index is -0.256. The standard InChI is InChI=1S/C18H10Cl3N3O2S2/c19-9-5-6-12(11(20)7-9)22-14(25)8-27-18-24-23-17(26-18)16-15(21)10-3-1-2-4-13(10)28-16/h1-7H,8H2,(H,22,25). The molecule has 0 aliphatic carbocycles. The summed E-state index contributed by atoms with van der Waals surface area (Å²) < 4.78 is 6.70. The van der Waals surface area contributed by atoms with E-state index in [2.05, 4.69) is 15.5 Å². The first-order valence-corrected chi connectivity index (χ1v) is 10.8. The molecule has 142 valence electrons. The SMILES string of the molecule is O=C(CSc1nnc(-c2sc3ccccc3c2Cl)o1)Nc1ccc(Cl)cc1Cl. The summed E-state index contributed by atoms with van der Waals surface area (Å²) in [5, 5.41) is 13.4. The van der Waals surface area contributed by atoms with Crippen LogP contribution in [-0.2, 0) is 4.79 Å². The van der Waals surface area contributed by atoms with Gasteiger partial charge < -0.3 is 9.73 Å². The molecular weight excluding hydrogens is 461 g/mol. The second-order valence-corrected chi connectivity index (χ2v) is 8.78. The lowest BCUT2D eigenvalue weighted by Crippen LogP contribution is -2.14. The fourth-order valence-electron chi connectivity index (χ4n) is 2.42. The Bertz CT molecular complexity index is 1180. The van der Waals surface area contributed by atoms with Gasteiger partial charge in [-0.05, 0) is 24.3 Å². The lowest BCUT2D eigenvalue weighted by atomic mass is 10.2. The van der Waals surface area contributed by atoms with Gasteiger partial charge in [-0.25, -0.2) is 0 Å². The second-order valence-electron chi connectivity index (χ2n) is 5.58. The molecular formula is C18H10Cl3N3O2S2. The molecule has 5 nitrogen and oxygen atoms in total. The number of benzene rings is 2. The largest absolute Gasteiger partial charge is 0.410 e. The van der Waals surface area contributed by atoms with Crippen molar-refractivity contribution in [3.05, 3.63) is 57.5 Å². The van der Waals surface area contributed by atoms with Crippen molar-refractivity contribution in [3.63, 3.8) is 0 Å². The minimum absolute atomic E-state index is 0.0841. The van der Waals surface area contributed by atoms with Crippen molar-refractivity contribution in [1.29, 1.82) is 0 Å². The number of hydrogen-bond acceptors (Lipinski definition) is 6. The number of aromatic nitrogens is 2. The third-order valence-electron chi connectivity index (χ3n) is 3.67. The van der Waals surface area contributed by atoms with E-state index in [1.807, 2.05) is 24.3 Å². The molecule has 0 unspecified atom stereocenters. The number of anilines is 1. The molecule has 2 aromatic carbocycles. The number of nitrogens with zero attached hydrogens (tertiary/aromatic N) is 2. The van der Waals surface area contributed by atoms with Crippen LogP contribution in [0.2, 0.25) is 15.1 Å². The topological polar surface area (TPSA) is 68.0 Å². The molecule has 0 fully saturated rings. The highest BCUT2D eigenvalue weighted by Crippen LogP contribution is 2.41. The van der Waals surface area contributed by atoms with Gasteiger partial charge in [0.05, 0.1) is 21.5 Å². The number of carbonyl (C=O) groups is 1. The van der Waals surface area contributed by atoms with E-state index in [0.717, 1.165) is 21.8 Å². The number of carbonyl (C=O) groups excluding carboxylic acids is 1. The molecule has 0 aliphatic heterocycles. The maximum absolute atomic E-state index is 12.1. The summed E-state index contributed by atoms with van der Waals surface area (Å²) in [4.78, 5) is 12.8. The van der Waals surface area contributed by atoms with Crippen LogP contribution in [0.15, 0.2) is 52.1 Å². The van der Waals surface area contributed by atoms with Crippen LogP contribution in [0.25, 0.3) is 20.9 Å². The van der Waals surface area contributed by atoms with Crippen molar-refractivity contribution < 1.29 is 9.21 Å². The molecule has 0 radical (unpaired) electrons. The Hall–Kier alpha value is -1.77. The maximum Gasteiger partial charge on any atom is 0.277 e. The van der Waals surface area contributed by atoms with Crippen LogP contribution in [0.4, 0.5) is 5.69 Å². The summed E-state index contributed by atoms with van der Waals surface area (Å²) in [6.45, 7) is 0. The fourth-order valence-corrected chi connectivity index (χ4v) is 4.87. The van der Waals surface area contributed by atoms with E-state index in [1.165, 1.54) is 11.3 Å². The summed E-state index contributed by atoms with van der Waals surface area (Å²) in [7, 11) is 0. The fraction of sp³-hybridized carbons (Fsp3) is 0.0556. The molecule has 0 atom stereocenters. The molecule has 4 rings (SSSR count). The van der Waals surface area contributed by atoms with Gasteiger partial charge in [0.25, 0.3) is 11.1 Å². The first kappa shape index (κ1) is 19.5. The quantitative estimate of drug-likeness (QED) is 0.331. The zero-order valence-electron chi connectivity index (χ0n) is 13.9. The zero-order chi connectivity index (χ0) is 19.7. The summed E-state index contributed by atoms with van der Waals surface area (Å²) in [6.07, 6.45) is 0. The number of halogens is 3. The Morgan fingerprint density at radius 1 is 1.14 bits per heavy atom. The number of fused-ring (bicyclic) bond motifs is 1. The molecule has 1 N–H and O–H groups in total. The summed E-state index contributed by atoms with van der Waals surface area (Å²) in [5.74, 6) is 0.157. The average Bonchev–Trinajstić information content (AvgIpc) is 3.27. The van der Waals surface area contributed by atoms with Gasteiger partial charge in [-0.2, -0.15) is 0 Å². The predicted octanol–water partition coefficient (Wildman–Crippen LogP) is 6.64. The molecule has 0 aliphatic rings. The van der Waals surface area contributed by atoms with Crippen LogP contribution in [0.5, 0.6) is 0 Å². The molecule has 0 bridgehead atoms. The number of hydrogen-bond donors (Lipinski definition) is 1. The van der Waals surface area contributed by atoms with Crippen molar-refractivity contribution in [2.75, 3.05) is 11.1 Å². The lowest BCUT2D eigenvalue weighted by molar-refractivity contribution is -0.113. The first-order valence-electron chi connectivity index (χ1n) is 7.90. The number of amides is 1. The minimum Gasteiger partial charge on any atom is -0.410 e. The number of thiophene rings is 1. The van der Waals surface area contributed by atoms with E-state index in [0.29, 0.717) is 31.5 Å². The number of nitrogens with one attached hydrogen (secondary N) is 1. The van der Waals surface area contributed by atoms with Crippen molar-refractivity contribution in [2.45, 2.75) is 5.22 Å². The summed E-state index contributed by atoms with van der Waals surface area (Å²) in [5.41, 5.74) is 0.486. The highest BCUT2D eigenvalue weighted by molar-refractivity contribution is 7.99. The van der Waals surface area contributed by atoms with Crippen LogP contribution in [0.3, 0.4) is 0 Å². The maximum atomic E-state index is 12.1. The first-order chi connectivity index (χ1) is 13.5. The van der Waals surface area contributed by atoms with Gasteiger partial charge in [-0.15, -0.1) is 21.5 Å². The molecule has 4 aromatic rings. The highest BCUT2D eigenvalue weighted by Gasteiger charge is 2.18. The monoisotopic (exact) mass is 469 g/mol. The van der Waals surface area contributed by atoms with E-state index in [4.69, 9.17) is 39.2 Å². The Morgan fingerprint density at radius 3 is 2.75 bits per heavy atom. The lowest BCUT2D eigenvalue weighted by Gasteiger charge is -2.06. The molecule has 2 heterocycles. The van der Waals surface area contributed by atoms with E-state index in [9.17, 15) is 4.79 Å². The normalized spacial score (nSPS) is 11.1. The number of rotatable bonds is 5. The predicted molar refractivity (Wildman–Crippen MR) is 116 cm³/mol. The Labute approximate surface area is 183 Å². The van der Waals surface area contributed by atoms with Crippen molar-refractivity contribution in [3.8, 4) is 10.8 Å². The van der Waals surface area contributed by atoms with Gasteiger partial charge in [0.1, 0.15) is 4.88 Å². The van der Waals surface area contributed by atoms with E-state index in [-0.39, 0.29) is 16.9 Å². The van der Waals surface area contributed by atoms with Crippen molar-refractivity contribution >= 4 is 79.6 Å². The molecule has 0 spiro atoms. The van der Waals surface area contributed by atoms with Gasteiger partial charge in [-0.3, -0.25) is 4.79 Å². The zero-order valence-corrected chi connectivity index (χ0v) is 17.8. The Balaban J connectivity index is 1.43. The van der Waals surface area contributed by atoms with Crippen LogP contribution in [-0.4, -0.2) is 21.9 Å². The Kier molecular flexibility index (Phi) is 5.80. The van der Waals surface area contributed by atoms with Gasteiger partial charge in [0.15, 0.2) is 0 Å².